The van der Waals surface area contributed by atoms with Gasteiger partial charge in [0, 0.05) is 10.0 Å². The molecule has 0 saturated carbocycles. The largest absolute Gasteiger partial charge is 0.478 e. The van der Waals surface area contributed by atoms with E-state index in [0.29, 0.717) is 15.8 Å². The van der Waals surface area contributed by atoms with E-state index in [4.69, 9.17) is 4.74 Å². The van der Waals surface area contributed by atoms with Crippen molar-refractivity contribution in [1.82, 2.24) is 4.90 Å². The summed E-state index contributed by atoms with van der Waals surface area (Å²) in [7, 11) is 0. The fourth-order valence-corrected chi connectivity index (χ4v) is 3.98. The Hall–Kier alpha value is -3.19. The fraction of sp³-hybridized carbons (Fsp3) is 0.167. The highest BCUT2D eigenvalue weighted by atomic mass is 79.9. The lowest BCUT2D eigenvalue weighted by Crippen LogP contribution is -2.44. The molecule has 1 unspecified atom stereocenters. The van der Waals surface area contributed by atoms with Crippen molar-refractivity contribution in [2.24, 2.45) is 0 Å². The van der Waals surface area contributed by atoms with Crippen molar-refractivity contribution in [2.45, 2.75) is 26.6 Å². The number of nitrogens with zero attached hydrogens (tertiary/aromatic N) is 1. The predicted molar refractivity (Wildman–Crippen MR) is 118 cm³/mol. The normalized spacial score (nSPS) is 15.2. The Morgan fingerprint density at radius 2 is 1.77 bits per heavy atom. The number of fused-ring (bicyclic) bond motifs is 1. The van der Waals surface area contributed by atoms with E-state index in [-0.39, 0.29) is 17.7 Å². The van der Waals surface area contributed by atoms with Gasteiger partial charge in [0.15, 0.2) is 6.23 Å². The van der Waals surface area contributed by atoms with Crippen LogP contribution in [-0.2, 0) is 6.54 Å². The number of carbonyl (C=O) groups is 2. The predicted octanol–water partition coefficient (Wildman–Crippen LogP) is 5.64. The SMILES string of the molecule is Cc1ccc(-c2ccc3c(c2)CN(C(=O)c2ccc(Br)cc2F)C(C)O3)cc1C(=O)O. The molecule has 158 valence electrons. The summed E-state index contributed by atoms with van der Waals surface area (Å²) in [6.45, 7) is 3.74. The first kappa shape index (κ1) is 21.1. The first-order chi connectivity index (χ1) is 14.7. The number of hydrogen-bond donors (Lipinski definition) is 1. The lowest BCUT2D eigenvalue weighted by atomic mass is 9.97. The van der Waals surface area contributed by atoms with E-state index in [1.54, 1.807) is 32.0 Å². The van der Waals surface area contributed by atoms with Crippen molar-refractivity contribution >= 4 is 27.8 Å². The number of halogens is 2. The van der Waals surface area contributed by atoms with E-state index in [0.717, 1.165) is 16.7 Å². The molecule has 4 rings (SSSR count). The molecule has 0 spiro atoms. The zero-order chi connectivity index (χ0) is 22.3. The van der Waals surface area contributed by atoms with Gasteiger partial charge in [-0.1, -0.05) is 34.1 Å². The highest BCUT2D eigenvalue weighted by Crippen LogP contribution is 2.34. The maximum Gasteiger partial charge on any atom is 0.335 e. The van der Waals surface area contributed by atoms with Crippen molar-refractivity contribution in [1.29, 1.82) is 0 Å². The van der Waals surface area contributed by atoms with Gasteiger partial charge in [0.05, 0.1) is 17.7 Å². The van der Waals surface area contributed by atoms with E-state index >= 15 is 0 Å². The van der Waals surface area contributed by atoms with E-state index in [1.165, 1.54) is 17.0 Å². The van der Waals surface area contributed by atoms with Crippen LogP contribution in [0.4, 0.5) is 4.39 Å². The van der Waals surface area contributed by atoms with Crippen LogP contribution in [0.3, 0.4) is 0 Å². The molecule has 31 heavy (non-hydrogen) atoms. The zero-order valence-electron chi connectivity index (χ0n) is 16.9. The van der Waals surface area contributed by atoms with Gasteiger partial charge in [0.25, 0.3) is 5.91 Å². The van der Waals surface area contributed by atoms with Gasteiger partial charge >= 0.3 is 5.97 Å². The molecule has 1 atom stereocenters. The molecule has 0 aliphatic carbocycles. The summed E-state index contributed by atoms with van der Waals surface area (Å²) in [5, 5.41) is 9.40. The van der Waals surface area contributed by atoms with Crippen LogP contribution in [0.1, 0.15) is 38.8 Å². The maximum absolute atomic E-state index is 14.3. The number of carboxylic acid groups (broad SMARTS) is 1. The second-order valence-electron chi connectivity index (χ2n) is 7.43. The number of rotatable bonds is 3. The van der Waals surface area contributed by atoms with E-state index < -0.39 is 23.9 Å². The second-order valence-corrected chi connectivity index (χ2v) is 8.35. The van der Waals surface area contributed by atoms with Gasteiger partial charge in [0.2, 0.25) is 0 Å². The van der Waals surface area contributed by atoms with E-state index in [9.17, 15) is 19.1 Å². The molecular weight excluding hydrogens is 465 g/mol. The molecule has 1 aliphatic rings. The molecule has 0 bridgehead atoms. The third-order valence-electron chi connectivity index (χ3n) is 5.36. The summed E-state index contributed by atoms with van der Waals surface area (Å²) in [5.41, 5.74) is 3.21. The maximum atomic E-state index is 14.3. The molecule has 3 aromatic rings. The Balaban J connectivity index is 1.67. The van der Waals surface area contributed by atoms with Crippen LogP contribution in [-0.4, -0.2) is 28.1 Å². The molecular formula is C24H19BrFNO4. The van der Waals surface area contributed by atoms with Gasteiger partial charge in [0.1, 0.15) is 11.6 Å². The molecule has 5 nitrogen and oxygen atoms in total. The molecule has 3 aromatic carbocycles. The van der Waals surface area contributed by atoms with Gasteiger partial charge in [-0.25, -0.2) is 9.18 Å². The van der Waals surface area contributed by atoms with Gasteiger partial charge < -0.3 is 9.84 Å². The highest BCUT2D eigenvalue weighted by molar-refractivity contribution is 9.10. The molecule has 7 heteroatoms. The van der Waals surface area contributed by atoms with Crippen LogP contribution in [0.15, 0.2) is 59.1 Å². The van der Waals surface area contributed by atoms with Crippen LogP contribution in [0.25, 0.3) is 11.1 Å². The van der Waals surface area contributed by atoms with E-state index in [2.05, 4.69) is 15.9 Å². The fourth-order valence-electron chi connectivity index (χ4n) is 3.64. The number of hydrogen-bond acceptors (Lipinski definition) is 3. The van der Waals surface area contributed by atoms with Crippen molar-refractivity contribution in [3.63, 3.8) is 0 Å². The lowest BCUT2D eigenvalue weighted by Gasteiger charge is -2.35. The van der Waals surface area contributed by atoms with Crippen LogP contribution in [0.5, 0.6) is 5.75 Å². The Morgan fingerprint density at radius 3 is 2.48 bits per heavy atom. The Kier molecular flexibility index (Phi) is 5.54. The highest BCUT2D eigenvalue weighted by Gasteiger charge is 2.30. The standard InChI is InChI=1S/C24H19BrFNO4/c1-13-3-4-16(10-20(13)24(29)30)15-5-8-22-17(9-15)12-27(14(2)31-22)23(28)19-7-6-18(25)11-21(19)26/h3-11,14H,12H2,1-2H3,(H,29,30). The average Bonchev–Trinajstić information content (AvgIpc) is 2.72. The van der Waals surface area contributed by atoms with Gasteiger partial charge in [-0.05, 0) is 66.9 Å². The Morgan fingerprint density at radius 1 is 1.06 bits per heavy atom. The molecule has 1 amide bonds. The second kappa shape index (κ2) is 8.15. The third-order valence-corrected chi connectivity index (χ3v) is 5.85. The number of aryl methyl sites for hydroxylation is 1. The third kappa shape index (κ3) is 4.05. The van der Waals surface area contributed by atoms with Crippen LogP contribution in [0.2, 0.25) is 0 Å². The minimum atomic E-state index is -0.984. The molecule has 0 fully saturated rings. The summed E-state index contributed by atoms with van der Waals surface area (Å²) in [5.74, 6) is -1.41. The smallest absolute Gasteiger partial charge is 0.335 e. The van der Waals surface area contributed by atoms with Gasteiger partial charge in [-0.2, -0.15) is 0 Å². The Bertz CT molecular complexity index is 1210. The topological polar surface area (TPSA) is 66.8 Å². The average molecular weight is 484 g/mol. The summed E-state index contributed by atoms with van der Waals surface area (Å²) < 4.78 is 20.8. The van der Waals surface area contributed by atoms with Crippen molar-refractivity contribution in [2.75, 3.05) is 0 Å². The quantitative estimate of drug-likeness (QED) is 0.523. The minimum Gasteiger partial charge on any atom is -0.478 e. The molecule has 0 radical (unpaired) electrons. The van der Waals surface area contributed by atoms with E-state index in [1.807, 2.05) is 24.3 Å². The first-order valence-corrected chi connectivity index (χ1v) is 10.4. The summed E-state index contributed by atoms with van der Waals surface area (Å²) in [4.78, 5) is 25.9. The zero-order valence-corrected chi connectivity index (χ0v) is 18.4. The summed E-state index contributed by atoms with van der Waals surface area (Å²) in [6.07, 6.45) is -0.563. The van der Waals surface area contributed by atoms with Crippen LogP contribution < -0.4 is 4.74 Å². The first-order valence-electron chi connectivity index (χ1n) is 9.64. The van der Waals surface area contributed by atoms with Crippen LogP contribution in [0, 0.1) is 12.7 Å². The number of carboxylic acids is 1. The Labute approximate surface area is 187 Å². The number of carbonyl (C=O) groups excluding carboxylic acids is 1. The number of aromatic carboxylic acids is 1. The van der Waals surface area contributed by atoms with Gasteiger partial charge in [-0.15, -0.1) is 0 Å². The summed E-state index contributed by atoms with van der Waals surface area (Å²) >= 11 is 3.20. The number of amides is 1. The molecule has 1 N–H and O–H groups in total. The minimum absolute atomic E-state index is 0.0251. The van der Waals surface area contributed by atoms with Crippen molar-refractivity contribution < 1.29 is 23.8 Å². The lowest BCUT2D eigenvalue weighted by molar-refractivity contribution is 0.0137. The molecule has 1 aliphatic heterocycles. The van der Waals surface area contributed by atoms with Crippen molar-refractivity contribution in [3.05, 3.63) is 87.1 Å². The summed E-state index contributed by atoms with van der Waals surface area (Å²) in [6, 6.07) is 15.1. The number of benzene rings is 3. The van der Waals surface area contributed by atoms with Gasteiger partial charge in [-0.3, -0.25) is 9.69 Å². The molecule has 0 aromatic heterocycles. The number of ether oxygens (including phenoxy) is 1. The van der Waals surface area contributed by atoms with Crippen LogP contribution >= 0.6 is 15.9 Å². The molecule has 1 heterocycles. The van der Waals surface area contributed by atoms with Crippen molar-refractivity contribution in [3.8, 4) is 16.9 Å². The monoisotopic (exact) mass is 483 g/mol. The molecule has 0 saturated heterocycles.